The van der Waals surface area contributed by atoms with Gasteiger partial charge in [-0.15, -0.1) is 0 Å². The van der Waals surface area contributed by atoms with Crippen LogP contribution in [-0.2, 0) is 6.54 Å². The Morgan fingerprint density at radius 3 is 2.63 bits per heavy atom. The summed E-state index contributed by atoms with van der Waals surface area (Å²) in [7, 11) is 1.49. The van der Waals surface area contributed by atoms with Crippen molar-refractivity contribution >= 4 is 17.6 Å². The number of halogens is 4. The fourth-order valence-electron chi connectivity index (χ4n) is 1.24. The molecular weight excluding hydrogens is 281 g/mol. The Hall–Kier alpha value is -1.50. The molecule has 1 rings (SSSR count). The quantitative estimate of drug-likeness (QED) is 0.509. The topological polar surface area (TPSA) is 49.3 Å². The molecule has 0 aliphatic carbocycles. The predicted octanol–water partition coefficient (Wildman–Crippen LogP) is 2.35. The van der Waals surface area contributed by atoms with Crippen molar-refractivity contribution in [1.82, 2.24) is 15.6 Å². The van der Waals surface area contributed by atoms with Gasteiger partial charge in [0.2, 0.25) is 0 Å². The lowest BCUT2D eigenvalue weighted by Gasteiger charge is -2.12. The van der Waals surface area contributed by atoms with Crippen molar-refractivity contribution in [2.45, 2.75) is 19.1 Å². The first-order valence-corrected chi connectivity index (χ1v) is 5.90. The lowest BCUT2D eigenvalue weighted by molar-refractivity contribution is -0.132. The number of rotatable bonds is 4. The summed E-state index contributed by atoms with van der Waals surface area (Å²) in [5.74, 6) is 0.305. The number of pyridine rings is 1. The minimum atomic E-state index is -4.17. The van der Waals surface area contributed by atoms with Crippen LogP contribution in [0.3, 0.4) is 0 Å². The molecule has 19 heavy (non-hydrogen) atoms. The van der Waals surface area contributed by atoms with Crippen LogP contribution < -0.4 is 10.6 Å². The lowest BCUT2D eigenvalue weighted by Crippen LogP contribution is -2.38. The van der Waals surface area contributed by atoms with E-state index in [1.54, 1.807) is 18.3 Å². The third kappa shape index (κ3) is 6.85. The molecular formula is C11H14ClF3N4. The molecule has 1 heterocycles. The van der Waals surface area contributed by atoms with E-state index in [0.717, 1.165) is 5.56 Å². The zero-order valence-corrected chi connectivity index (χ0v) is 11.0. The molecule has 2 N–H and O–H groups in total. The van der Waals surface area contributed by atoms with E-state index < -0.39 is 12.6 Å². The molecule has 0 radical (unpaired) electrons. The first kappa shape index (κ1) is 15.6. The number of nitrogens with one attached hydrogen (secondary N) is 2. The van der Waals surface area contributed by atoms with Crippen LogP contribution in [-0.4, -0.2) is 30.7 Å². The second-order valence-corrected chi connectivity index (χ2v) is 4.09. The van der Waals surface area contributed by atoms with E-state index >= 15 is 0 Å². The van der Waals surface area contributed by atoms with E-state index in [0.29, 0.717) is 17.7 Å². The van der Waals surface area contributed by atoms with Crippen LogP contribution in [0.15, 0.2) is 23.3 Å². The van der Waals surface area contributed by atoms with Crippen molar-refractivity contribution in [3.05, 3.63) is 29.0 Å². The number of aromatic nitrogens is 1. The van der Waals surface area contributed by atoms with Gasteiger partial charge in [-0.3, -0.25) is 4.99 Å². The summed E-state index contributed by atoms with van der Waals surface area (Å²) in [5, 5.41) is 5.85. The van der Waals surface area contributed by atoms with Crippen molar-refractivity contribution in [2.75, 3.05) is 13.6 Å². The Balaban J connectivity index is 2.35. The maximum absolute atomic E-state index is 12.0. The van der Waals surface area contributed by atoms with Crippen molar-refractivity contribution in [2.24, 2.45) is 4.99 Å². The highest BCUT2D eigenvalue weighted by Gasteiger charge is 2.26. The highest BCUT2D eigenvalue weighted by atomic mass is 35.5. The maximum Gasteiger partial charge on any atom is 0.390 e. The molecule has 8 heteroatoms. The molecule has 0 atom stereocenters. The van der Waals surface area contributed by atoms with E-state index in [2.05, 4.69) is 20.6 Å². The van der Waals surface area contributed by atoms with Gasteiger partial charge in [-0.05, 0) is 11.6 Å². The standard InChI is InChI=1S/C11H14ClF3N4/c1-16-10(17-5-4-11(13,14)15)19-7-8-2-3-9(12)18-6-8/h2-3,6H,4-5,7H2,1H3,(H2,16,17,19). The van der Waals surface area contributed by atoms with Gasteiger partial charge in [0.15, 0.2) is 5.96 Å². The number of hydrogen-bond donors (Lipinski definition) is 2. The number of nitrogens with zero attached hydrogens (tertiary/aromatic N) is 2. The number of aliphatic imine (C=N–C) groups is 1. The van der Waals surface area contributed by atoms with Crippen LogP contribution in [0.1, 0.15) is 12.0 Å². The summed E-state index contributed by atoms with van der Waals surface area (Å²) >= 11 is 5.64. The molecule has 0 unspecified atom stereocenters. The molecule has 0 aliphatic rings. The minimum Gasteiger partial charge on any atom is -0.356 e. The van der Waals surface area contributed by atoms with Crippen LogP contribution in [0.2, 0.25) is 5.15 Å². The summed E-state index contributed by atoms with van der Waals surface area (Å²) in [4.78, 5) is 7.71. The average molecular weight is 295 g/mol. The van der Waals surface area contributed by atoms with Crippen molar-refractivity contribution in [1.29, 1.82) is 0 Å². The van der Waals surface area contributed by atoms with Crippen LogP contribution in [0.25, 0.3) is 0 Å². The molecule has 0 aromatic carbocycles. The highest BCUT2D eigenvalue weighted by Crippen LogP contribution is 2.18. The van der Waals surface area contributed by atoms with Gasteiger partial charge in [-0.1, -0.05) is 17.7 Å². The highest BCUT2D eigenvalue weighted by molar-refractivity contribution is 6.29. The molecule has 4 nitrogen and oxygen atoms in total. The van der Waals surface area contributed by atoms with Crippen molar-refractivity contribution in [3.63, 3.8) is 0 Å². The summed E-state index contributed by atoms with van der Waals surface area (Å²) in [6, 6.07) is 3.41. The molecule has 0 aliphatic heterocycles. The van der Waals surface area contributed by atoms with Gasteiger partial charge < -0.3 is 10.6 Å². The molecule has 0 saturated carbocycles. The Morgan fingerprint density at radius 1 is 1.37 bits per heavy atom. The molecule has 0 fully saturated rings. The normalized spacial score (nSPS) is 12.4. The Bertz CT molecular complexity index is 417. The SMILES string of the molecule is CN=C(NCCC(F)(F)F)NCc1ccc(Cl)nc1. The van der Waals surface area contributed by atoms with Crippen molar-refractivity contribution < 1.29 is 13.2 Å². The summed E-state index contributed by atoms with van der Waals surface area (Å²) in [5.41, 5.74) is 0.850. The van der Waals surface area contributed by atoms with E-state index in [-0.39, 0.29) is 6.54 Å². The monoisotopic (exact) mass is 294 g/mol. The summed E-state index contributed by atoms with van der Waals surface area (Å²) in [6.07, 6.45) is -3.50. The van der Waals surface area contributed by atoms with Crippen molar-refractivity contribution in [3.8, 4) is 0 Å². The smallest absolute Gasteiger partial charge is 0.356 e. The molecule has 1 aromatic heterocycles. The Morgan fingerprint density at radius 2 is 2.11 bits per heavy atom. The number of hydrogen-bond acceptors (Lipinski definition) is 2. The minimum absolute atomic E-state index is 0.220. The zero-order chi connectivity index (χ0) is 14.3. The molecule has 0 bridgehead atoms. The van der Waals surface area contributed by atoms with E-state index in [9.17, 15) is 13.2 Å². The van der Waals surface area contributed by atoms with Gasteiger partial charge in [-0.25, -0.2) is 4.98 Å². The van der Waals surface area contributed by atoms with E-state index in [4.69, 9.17) is 11.6 Å². The van der Waals surface area contributed by atoms with Crippen LogP contribution in [0, 0.1) is 0 Å². The largest absolute Gasteiger partial charge is 0.390 e. The Labute approximate surface area is 114 Å². The first-order valence-electron chi connectivity index (χ1n) is 5.52. The van der Waals surface area contributed by atoms with Gasteiger partial charge in [0.1, 0.15) is 5.15 Å². The fraction of sp³-hybridized carbons (Fsp3) is 0.455. The average Bonchev–Trinajstić information content (AvgIpc) is 2.34. The fourth-order valence-corrected chi connectivity index (χ4v) is 1.35. The van der Waals surface area contributed by atoms with Gasteiger partial charge in [-0.2, -0.15) is 13.2 Å². The maximum atomic E-state index is 12.0. The van der Waals surface area contributed by atoms with Gasteiger partial charge in [0.25, 0.3) is 0 Å². The molecule has 0 spiro atoms. The second kappa shape index (κ2) is 7.18. The van der Waals surface area contributed by atoms with Crippen LogP contribution in [0.4, 0.5) is 13.2 Å². The number of guanidine groups is 1. The second-order valence-electron chi connectivity index (χ2n) is 3.71. The predicted molar refractivity (Wildman–Crippen MR) is 68.1 cm³/mol. The van der Waals surface area contributed by atoms with Crippen LogP contribution >= 0.6 is 11.6 Å². The molecule has 1 aromatic rings. The van der Waals surface area contributed by atoms with E-state index in [1.807, 2.05) is 0 Å². The third-order valence-electron chi connectivity index (χ3n) is 2.17. The molecule has 0 saturated heterocycles. The van der Waals surface area contributed by atoms with Gasteiger partial charge in [0, 0.05) is 26.3 Å². The molecule has 106 valence electrons. The zero-order valence-electron chi connectivity index (χ0n) is 10.3. The summed E-state index contributed by atoms with van der Waals surface area (Å²) in [6.45, 7) is 0.178. The Kier molecular flexibility index (Phi) is 5.88. The first-order chi connectivity index (χ1) is 8.90. The lowest BCUT2D eigenvalue weighted by atomic mass is 10.3. The van der Waals surface area contributed by atoms with Gasteiger partial charge in [0.05, 0.1) is 6.42 Å². The number of alkyl halides is 3. The van der Waals surface area contributed by atoms with E-state index in [1.165, 1.54) is 7.05 Å². The van der Waals surface area contributed by atoms with Gasteiger partial charge >= 0.3 is 6.18 Å². The van der Waals surface area contributed by atoms with Crippen LogP contribution in [0.5, 0.6) is 0 Å². The third-order valence-corrected chi connectivity index (χ3v) is 2.40. The summed E-state index contributed by atoms with van der Waals surface area (Å²) < 4.78 is 35.9. The molecule has 0 amide bonds.